The van der Waals surface area contributed by atoms with Crippen LogP contribution >= 0.6 is 0 Å². The van der Waals surface area contributed by atoms with E-state index in [2.05, 4.69) is 20.9 Å². The molecule has 1 aliphatic carbocycles. The summed E-state index contributed by atoms with van der Waals surface area (Å²) in [7, 11) is -3.21. The van der Waals surface area contributed by atoms with E-state index in [1.165, 1.54) is 6.26 Å². The number of carbonyl (C=O) groups excluding carboxylic acids is 1. The average Bonchev–Trinajstić information content (AvgIpc) is 3.40. The van der Waals surface area contributed by atoms with Crippen molar-refractivity contribution in [1.82, 2.24) is 16.0 Å². The van der Waals surface area contributed by atoms with Gasteiger partial charge in [-0.1, -0.05) is 12.1 Å². The SMILES string of the molecule is CCNC(=NCc1ccc(S(C)(=O)=O)c(C)c1)NCCNC(=O)C1CC1. The number of aryl methyl sites for hydroxylation is 1. The van der Waals surface area contributed by atoms with Gasteiger partial charge in [0.25, 0.3) is 0 Å². The molecule has 0 bridgehead atoms. The molecule has 1 fully saturated rings. The zero-order chi connectivity index (χ0) is 19.2. The van der Waals surface area contributed by atoms with Crippen molar-refractivity contribution in [2.24, 2.45) is 10.9 Å². The van der Waals surface area contributed by atoms with E-state index < -0.39 is 9.84 Å². The summed E-state index contributed by atoms with van der Waals surface area (Å²) < 4.78 is 23.4. The molecule has 0 aliphatic heterocycles. The summed E-state index contributed by atoms with van der Waals surface area (Å²) in [5, 5.41) is 9.24. The van der Waals surface area contributed by atoms with Crippen molar-refractivity contribution in [3.05, 3.63) is 29.3 Å². The summed E-state index contributed by atoms with van der Waals surface area (Å²) in [5.41, 5.74) is 1.66. The lowest BCUT2D eigenvalue weighted by Crippen LogP contribution is -2.41. The second-order valence-corrected chi connectivity index (χ2v) is 8.54. The van der Waals surface area contributed by atoms with E-state index in [1.807, 2.05) is 13.0 Å². The van der Waals surface area contributed by atoms with Gasteiger partial charge in [-0.3, -0.25) is 4.79 Å². The third-order valence-corrected chi connectivity index (χ3v) is 5.32. The Labute approximate surface area is 155 Å². The summed E-state index contributed by atoms with van der Waals surface area (Å²) >= 11 is 0. The van der Waals surface area contributed by atoms with Crippen molar-refractivity contribution in [3.8, 4) is 0 Å². The molecule has 26 heavy (non-hydrogen) atoms. The molecule has 0 atom stereocenters. The number of nitrogens with zero attached hydrogens (tertiary/aromatic N) is 1. The third kappa shape index (κ3) is 6.33. The molecule has 1 aromatic rings. The van der Waals surface area contributed by atoms with Crippen LogP contribution in [0.5, 0.6) is 0 Å². The van der Waals surface area contributed by atoms with Crippen molar-refractivity contribution in [2.45, 2.75) is 38.1 Å². The van der Waals surface area contributed by atoms with Crippen LogP contribution in [0.25, 0.3) is 0 Å². The normalized spacial score (nSPS) is 14.8. The molecule has 0 radical (unpaired) electrons. The van der Waals surface area contributed by atoms with Gasteiger partial charge in [0.2, 0.25) is 5.91 Å². The summed E-state index contributed by atoms with van der Waals surface area (Å²) in [6.07, 6.45) is 3.21. The van der Waals surface area contributed by atoms with E-state index in [1.54, 1.807) is 19.1 Å². The smallest absolute Gasteiger partial charge is 0.223 e. The van der Waals surface area contributed by atoms with E-state index in [0.29, 0.717) is 30.5 Å². The molecule has 144 valence electrons. The predicted molar refractivity (Wildman–Crippen MR) is 103 cm³/mol. The van der Waals surface area contributed by atoms with Gasteiger partial charge in [0, 0.05) is 31.8 Å². The van der Waals surface area contributed by atoms with Gasteiger partial charge in [-0.25, -0.2) is 13.4 Å². The fraction of sp³-hybridized carbons (Fsp3) is 0.556. The van der Waals surface area contributed by atoms with Gasteiger partial charge < -0.3 is 16.0 Å². The Morgan fingerprint density at radius 3 is 2.46 bits per heavy atom. The average molecular weight is 381 g/mol. The van der Waals surface area contributed by atoms with E-state index in [-0.39, 0.29) is 11.8 Å². The Hall–Kier alpha value is -2.09. The first-order chi connectivity index (χ1) is 12.3. The Morgan fingerprint density at radius 2 is 1.88 bits per heavy atom. The highest BCUT2D eigenvalue weighted by Gasteiger charge is 2.28. The monoisotopic (exact) mass is 380 g/mol. The van der Waals surface area contributed by atoms with Crippen molar-refractivity contribution in [1.29, 1.82) is 0 Å². The molecular formula is C18H28N4O3S. The maximum absolute atomic E-state index is 11.7. The molecule has 1 saturated carbocycles. The number of guanidine groups is 1. The molecule has 0 heterocycles. The molecule has 3 N–H and O–H groups in total. The molecule has 8 heteroatoms. The number of sulfone groups is 1. The Morgan fingerprint density at radius 1 is 1.19 bits per heavy atom. The van der Waals surface area contributed by atoms with Crippen molar-refractivity contribution < 1.29 is 13.2 Å². The fourth-order valence-electron chi connectivity index (χ4n) is 2.59. The third-order valence-electron chi connectivity index (χ3n) is 4.07. The lowest BCUT2D eigenvalue weighted by molar-refractivity contribution is -0.122. The maximum Gasteiger partial charge on any atom is 0.223 e. The zero-order valence-corrected chi connectivity index (χ0v) is 16.4. The number of rotatable bonds is 8. The van der Waals surface area contributed by atoms with Crippen LogP contribution in [-0.4, -0.2) is 46.2 Å². The molecule has 0 unspecified atom stereocenters. The Balaban J connectivity index is 1.89. The number of amides is 1. The number of hydrogen-bond donors (Lipinski definition) is 3. The van der Waals surface area contributed by atoms with Crippen LogP contribution < -0.4 is 16.0 Å². The maximum atomic E-state index is 11.7. The summed E-state index contributed by atoms with van der Waals surface area (Å²) in [5.74, 6) is 1.02. The van der Waals surface area contributed by atoms with E-state index in [9.17, 15) is 13.2 Å². The minimum Gasteiger partial charge on any atom is -0.357 e. The van der Waals surface area contributed by atoms with Gasteiger partial charge in [0.15, 0.2) is 15.8 Å². The van der Waals surface area contributed by atoms with E-state index in [0.717, 1.165) is 30.5 Å². The van der Waals surface area contributed by atoms with Crippen LogP contribution in [0.2, 0.25) is 0 Å². The van der Waals surface area contributed by atoms with Crippen LogP contribution in [0.3, 0.4) is 0 Å². The van der Waals surface area contributed by atoms with Crippen molar-refractivity contribution >= 4 is 21.7 Å². The molecule has 1 aliphatic rings. The summed E-state index contributed by atoms with van der Waals surface area (Å²) in [6, 6.07) is 5.26. The van der Waals surface area contributed by atoms with Crippen LogP contribution in [-0.2, 0) is 21.2 Å². The number of benzene rings is 1. The lowest BCUT2D eigenvalue weighted by Gasteiger charge is -2.12. The zero-order valence-electron chi connectivity index (χ0n) is 15.6. The first kappa shape index (κ1) is 20.2. The largest absolute Gasteiger partial charge is 0.357 e. The van der Waals surface area contributed by atoms with E-state index >= 15 is 0 Å². The van der Waals surface area contributed by atoms with Gasteiger partial charge >= 0.3 is 0 Å². The summed E-state index contributed by atoms with van der Waals surface area (Å²) in [6.45, 7) is 6.09. The topological polar surface area (TPSA) is 99.7 Å². The minimum atomic E-state index is -3.21. The van der Waals surface area contributed by atoms with Crippen LogP contribution in [0.1, 0.15) is 30.9 Å². The Kier molecular flexibility index (Phi) is 7.02. The molecular weight excluding hydrogens is 352 g/mol. The van der Waals surface area contributed by atoms with Crippen LogP contribution in [0, 0.1) is 12.8 Å². The Bertz CT molecular complexity index is 771. The molecule has 1 aromatic carbocycles. The van der Waals surface area contributed by atoms with Crippen molar-refractivity contribution in [2.75, 3.05) is 25.9 Å². The fourth-order valence-corrected chi connectivity index (χ4v) is 3.55. The molecule has 0 saturated heterocycles. The number of carbonyl (C=O) groups is 1. The first-order valence-electron chi connectivity index (χ1n) is 8.90. The molecule has 7 nitrogen and oxygen atoms in total. The predicted octanol–water partition coefficient (Wildman–Crippen LogP) is 0.980. The van der Waals surface area contributed by atoms with Crippen LogP contribution in [0.4, 0.5) is 0 Å². The van der Waals surface area contributed by atoms with Crippen molar-refractivity contribution in [3.63, 3.8) is 0 Å². The highest BCUT2D eigenvalue weighted by Crippen LogP contribution is 2.28. The highest BCUT2D eigenvalue weighted by molar-refractivity contribution is 7.90. The quantitative estimate of drug-likeness (QED) is 0.355. The lowest BCUT2D eigenvalue weighted by atomic mass is 10.1. The second kappa shape index (κ2) is 9.02. The van der Waals surface area contributed by atoms with Gasteiger partial charge in [-0.15, -0.1) is 0 Å². The highest BCUT2D eigenvalue weighted by atomic mass is 32.2. The molecule has 2 rings (SSSR count). The van der Waals surface area contributed by atoms with Gasteiger partial charge in [0.05, 0.1) is 11.4 Å². The summed E-state index contributed by atoms with van der Waals surface area (Å²) in [4.78, 5) is 16.5. The molecule has 0 aromatic heterocycles. The molecule has 1 amide bonds. The number of aliphatic imine (C=N–C) groups is 1. The molecule has 0 spiro atoms. The standard InChI is InChI=1S/C18H28N4O3S/c1-4-19-18(21-10-9-20-17(23)15-6-7-15)22-12-14-5-8-16(13(2)11-14)26(3,24)25/h5,8,11,15H,4,6-7,9-10,12H2,1-3H3,(H,20,23)(H2,19,21,22). The van der Waals surface area contributed by atoms with E-state index in [4.69, 9.17) is 0 Å². The van der Waals surface area contributed by atoms with Gasteiger partial charge in [-0.2, -0.15) is 0 Å². The minimum absolute atomic E-state index is 0.134. The van der Waals surface area contributed by atoms with Gasteiger partial charge in [0.1, 0.15) is 0 Å². The first-order valence-corrected chi connectivity index (χ1v) is 10.8. The second-order valence-electron chi connectivity index (χ2n) is 6.56. The number of hydrogen-bond acceptors (Lipinski definition) is 4. The van der Waals surface area contributed by atoms with Crippen LogP contribution in [0.15, 0.2) is 28.1 Å². The van der Waals surface area contributed by atoms with Gasteiger partial charge in [-0.05, 0) is 43.9 Å². The number of nitrogens with one attached hydrogen (secondary N) is 3.